The highest BCUT2D eigenvalue weighted by atomic mass is 79.9. The smallest absolute Gasteiger partial charge is 0.326 e. The number of carbonyl (C=O) groups excluding carboxylic acids is 1. The van der Waals surface area contributed by atoms with Gasteiger partial charge in [-0.25, -0.2) is 4.79 Å². The molecule has 0 aromatic heterocycles. The summed E-state index contributed by atoms with van der Waals surface area (Å²) in [5.41, 5.74) is 2.27. The summed E-state index contributed by atoms with van der Waals surface area (Å²) in [7, 11) is 0. The second-order valence-electron chi connectivity index (χ2n) is 8.27. The van der Waals surface area contributed by atoms with Crippen molar-refractivity contribution in [2.75, 3.05) is 18.5 Å². The van der Waals surface area contributed by atoms with Gasteiger partial charge in [0.25, 0.3) is 0 Å². The highest BCUT2D eigenvalue weighted by molar-refractivity contribution is 9.10. The van der Waals surface area contributed by atoms with Crippen molar-refractivity contribution in [3.8, 4) is 11.5 Å². The van der Waals surface area contributed by atoms with Crippen LogP contribution in [-0.4, -0.2) is 36.1 Å². The molecule has 0 fully saturated rings. The Labute approximate surface area is 224 Å². The van der Waals surface area contributed by atoms with Crippen molar-refractivity contribution in [2.45, 2.75) is 12.5 Å². The molecule has 0 amide bonds. The van der Waals surface area contributed by atoms with E-state index in [0.29, 0.717) is 35.8 Å². The van der Waals surface area contributed by atoms with Gasteiger partial charge < -0.3 is 19.9 Å². The van der Waals surface area contributed by atoms with Gasteiger partial charge in [0.1, 0.15) is 30.8 Å². The molecule has 0 unspecified atom stereocenters. The number of carboxylic acid groups (broad SMARTS) is 1. The Balaban J connectivity index is 1.35. The SMILES string of the molecule is O=C(c1ccccc1)c1ccccc1N[C@@H](Cc1ccc(OCCOc2ccc(Br)cc2)cc1)C(=O)O. The van der Waals surface area contributed by atoms with Crippen molar-refractivity contribution in [1.29, 1.82) is 0 Å². The molecule has 0 bridgehead atoms. The monoisotopic (exact) mass is 559 g/mol. The lowest BCUT2D eigenvalue weighted by Gasteiger charge is -2.18. The molecule has 0 aliphatic heterocycles. The van der Waals surface area contributed by atoms with E-state index in [9.17, 15) is 14.7 Å². The summed E-state index contributed by atoms with van der Waals surface area (Å²) in [4.78, 5) is 25.1. The minimum absolute atomic E-state index is 0.168. The number of hydrogen-bond acceptors (Lipinski definition) is 5. The first-order valence-corrected chi connectivity index (χ1v) is 12.6. The first-order chi connectivity index (χ1) is 18.0. The third-order valence-electron chi connectivity index (χ3n) is 5.63. The lowest BCUT2D eigenvalue weighted by molar-refractivity contribution is -0.137. The van der Waals surface area contributed by atoms with E-state index in [1.54, 1.807) is 60.7 Å². The fraction of sp³-hybridized carbons (Fsp3) is 0.133. The van der Waals surface area contributed by atoms with Crippen LogP contribution < -0.4 is 14.8 Å². The zero-order valence-corrected chi connectivity index (χ0v) is 21.6. The van der Waals surface area contributed by atoms with Crippen molar-refractivity contribution < 1.29 is 24.2 Å². The van der Waals surface area contributed by atoms with E-state index in [0.717, 1.165) is 15.8 Å². The number of carboxylic acids is 1. The minimum Gasteiger partial charge on any atom is -0.490 e. The Morgan fingerprint density at radius 2 is 1.32 bits per heavy atom. The van der Waals surface area contributed by atoms with Gasteiger partial charge in [-0.2, -0.15) is 0 Å². The molecule has 1 atom stereocenters. The van der Waals surface area contributed by atoms with Crippen LogP contribution in [0.5, 0.6) is 11.5 Å². The van der Waals surface area contributed by atoms with Crippen LogP contribution >= 0.6 is 15.9 Å². The molecule has 188 valence electrons. The molecule has 4 aromatic carbocycles. The Bertz CT molecular complexity index is 1320. The fourth-order valence-electron chi connectivity index (χ4n) is 3.75. The highest BCUT2D eigenvalue weighted by Crippen LogP contribution is 2.22. The molecule has 0 radical (unpaired) electrons. The van der Waals surface area contributed by atoms with Crippen LogP contribution in [0.25, 0.3) is 0 Å². The lowest BCUT2D eigenvalue weighted by Crippen LogP contribution is -2.32. The van der Waals surface area contributed by atoms with Crippen LogP contribution in [0.15, 0.2) is 108 Å². The number of anilines is 1. The van der Waals surface area contributed by atoms with Crippen LogP contribution in [-0.2, 0) is 11.2 Å². The molecule has 37 heavy (non-hydrogen) atoms. The number of hydrogen-bond donors (Lipinski definition) is 2. The molecule has 4 aromatic rings. The molecule has 0 aliphatic rings. The molecule has 2 N–H and O–H groups in total. The topological polar surface area (TPSA) is 84.9 Å². The Hall–Kier alpha value is -4.10. The van der Waals surface area contributed by atoms with Crippen molar-refractivity contribution in [3.05, 3.63) is 124 Å². The average Bonchev–Trinajstić information content (AvgIpc) is 2.93. The molecule has 0 saturated carbocycles. The molecule has 0 saturated heterocycles. The van der Waals surface area contributed by atoms with Gasteiger partial charge in [0.05, 0.1) is 0 Å². The second kappa shape index (κ2) is 12.7. The first kappa shape index (κ1) is 26.0. The predicted octanol–water partition coefficient (Wildman–Crippen LogP) is 6.25. The number of aliphatic carboxylic acids is 1. The number of nitrogens with one attached hydrogen (secondary N) is 1. The van der Waals surface area contributed by atoms with Gasteiger partial charge in [0.2, 0.25) is 0 Å². The van der Waals surface area contributed by atoms with E-state index in [1.165, 1.54) is 0 Å². The summed E-state index contributed by atoms with van der Waals surface area (Å²) in [6.07, 6.45) is 0.232. The van der Waals surface area contributed by atoms with Crippen LogP contribution in [0.1, 0.15) is 21.5 Å². The summed E-state index contributed by atoms with van der Waals surface area (Å²) < 4.78 is 12.4. The first-order valence-electron chi connectivity index (χ1n) is 11.8. The lowest BCUT2D eigenvalue weighted by atomic mass is 10.00. The summed E-state index contributed by atoms with van der Waals surface area (Å²) in [6, 6.07) is 29.8. The van der Waals surface area contributed by atoms with Crippen LogP contribution in [0, 0.1) is 0 Å². The molecule has 0 spiro atoms. The van der Waals surface area contributed by atoms with Crippen LogP contribution in [0.4, 0.5) is 5.69 Å². The van der Waals surface area contributed by atoms with E-state index >= 15 is 0 Å². The van der Waals surface area contributed by atoms with Crippen LogP contribution in [0.2, 0.25) is 0 Å². The molecule has 0 heterocycles. The number of halogens is 1. The Morgan fingerprint density at radius 3 is 1.95 bits per heavy atom. The number of ketones is 1. The third-order valence-corrected chi connectivity index (χ3v) is 6.16. The molecular formula is C30H26BrNO5. The molecule has 0 aliphatic carbocycles. The second-order valence-corrected chi connectivity index (χ2v) is 9.19. The largest absolute Gasteiger partial charge is 0.490 e. The maximum absolute atomic E-state index is 13.0. The summed E-state index contributed by atoms with van der Waals surface area (Å²) in [6.45, 7) is 0.774. The van der Waals surface area contributed by atoms with Gasteiger partial charge in [0.15, 0.2) is 5.78 Å². The van der Waals surface area contributed by atoms with Crippen molar-refractivity contribution in [3.63, 3.8) is 0 Å². The summed E-state index contributed by atoms with van der Waals surface area (Å²) in [5, 5.41) is 12.9. The Kier molecular flexibility index (Phi) is 8.94. The van der Waals surface area contributed by atoms with Crippen molar-refractivity contribution >= 4 is 33.4 Å². The van der Waals surface area contributed by atoms with E-state index in [1.807, 2.05) is 42.5 Å². The molecule has 4 rings (SSSR count). The van der Waals surface area contributed by atoms with Gasteiger partial charge in [0, 0.05) is 27.7 Å². The van der Waals surface area contributed by atoms with Gasteiger partial charge in [-0.05, 0) is 54.1 Å². The zero-order chi connectivity index (χ0) is 26.0. The molecule has 7 heteroatoms. The quantitative estimate of drug-likeness (QED) is 0.158. The van der Waals surface area contributed by atoms with E-state index < -0.39 is 12.0 Å². The van der Waals surface area contributed by atoms with Crippen molar-refractivity contribution in [2.24, 2.45) is 0 Å². The molecular weight excluding hydrogens is 534 g/mol. The fourth-order valence-corrected chi connectivity index (χ4v) is 4.01. The van der Waals surface area contributed by atoms with Gasteiger partial charge in [-0.3, -0.25) is 4.79 Å². The third kappa shape index (κ3) is 7.44. The standard InChI is InChI=1S/C30H26BrNO5/c31-23-12-16-25(17-13-23)37-19-18-36-24-14-10-21(11-15-24)20-28(30(34)35)32-27-9-5-4-8-26(27)29(33)22-6-2-1-3-7-22/h1-17,28,32H,18-20H2,(H,34,35)/t28-/m0/s1. The number of para-hydroxylation sites is 1. The maximum Gasteiger partial charge on any atom is 0.326 e. The van der Waals surface area contributed by atoms with E-state index in [2.05, 4.69) is 21.2 Å². The number of ether oxygens (including phenoxy) is 2. The highest BCUT2D eigenvalue weighted by Gasteiger charge is 2.21. The molecule has 6 nitrogen and oxygen atoms in total. The van der Waals surface area contributed by atoms with Crippen molar-refractivity contribution in [1.82, 2.24) is 0 Å². The number of benzene rings is 4. The normalized spacial score (nSPS) is 11.4. The van der Waals surface area contributed by atoms with Gasteiger partial charge in [-0.1, -0.05) is 70.5 Å². The summed E-state index contributed by atoms with van der Waals surface area (Å²) in [5.74, 6) is 0.258. The predicted molar refractivity (Wildman–Crippen MR) is 147 cm³/mol. The maximum atomic E-state index is 13.0. The number of carbonyl (C=O) groups is 2. The van der Waals surface area contributed by atoms with Gasteiger partial charge >= 0.3 is 5.97 Å². The van der Waals surface area contributed by atoms with E-state index in [-0.39, 0.29) is 12.2 Å². The minimum atomic E-state index is -1.01. The summed E-state index contributed by atoms with van der Waals surface area (Å²) >= 11 is 3.39. The van der Waals surface area contributed by atoms with E-state index in [4.69, 9.17) is 9.47 Å². The van der Waals surface area contributed by atoms with Gasteiger partial charge in [-0.15, -0.1) is 0 Å². The Morgan fingerprint density at radius 1 is 0.757 bits per heavy atom. The number of rotatable bonds is 12. The van der Waals surface area contributed by atoms with Crippen LogP contribution in [0.3, 0.4) is 0 Å². The zero-order valence-electron chi connectivity index (χ0n) is 20.0. The average molecular weight is 560 g/mol.